The number of rotatable bonds is 17. The number of hydrogen-bond acceptors (Lipinski definition) is 7. The Morgan fingerprint density at radius 1 is 0.414 bits per heavy atom. The Morgan fingerprint density at radius 2 is 0.657 bits per heavy atom. The minimum atomic E-state index is -0.651. The van der Waals surface area contributed by atoms with E-state index in [1.807, 2.05) is 97.1 Å². The maximum atomic E-state index is 11.0. The van der Waals surface area contributed by atoms with Crippen molar-refractivity contribution in [2.24, 2.45) is 0 Å². The molecule has 0 spiro atoms. The molecule has 0 fully saturated rings. The molecule has 0 saturated heterocycles. The molecule has 2 aliphatic rings. The van der Waals surface area contributed by atoms with Crippen molar-refractivity contribution in [3.63, 3.8) is 0 Å². The van der Waals surface area contributed by atoms with Crippen molar-refractivity contribution < 1.29 is 139 Å². The summed E-state index contributed by atoms with van der Waals surface area (Å²) < 4.78 is 12.4. The van der Waals surface area contributed by atoms with E-state index in [4.69, 9.17) is 19.5 Å². The third kappa shape index (κ3) is 17.7. The Balaban J connectivity index is 0.000000234. The number of alkyl halides is 1. The van der Waals surface area contributed by atoms with Crippen LogP contribution >= 0.6 is 57.7 Å². The number of ether oxygens (including phenoxy) is 2. The summed E-state index contributed by atoms with van der Waals surface area (Å²) in [7, 11) is 9.24. The molecule has 15 heteroatoms. The molecule has 12 aromatic carbocycles. The molecule has 12 aromatic rings. The topological polar surface area (TPSA) is 108 Å². The van der Waals surface area contributed by atoms with E-state index in [9.17, 15) is 10.2 Å². The summed E-state index contributed by atoms with van der Waals surface area (Å²) in [4.78, 5) is 11.2. The van der Waals surface area contributed by atoms with E-state index in [-0.39, 0.29) is 129 Å². The largest absolute Gasteiger partial charge is 1.00 e. The summed E-state index contributed by atoms with van der Waals surface area (Å²) in [5, 5.41) is 31.3. The van der Waals surface area contributed by atoms with Crippen LogP contribution in [0.1, 0.15) is 45.9 Å². The van der Waals surface area contributed by atoms with Gasteiger partial charge in [-0.2, -0.15) is 0 Å². The van der Waals surface area contributed by atoms with Crippen molar-refractivity contribution in [3.8, 4) is 89.8 Å². The molecular formula is C84H74BrK2O7P5. The number of halogens is 1. The van der Waals surface area contributed by atoms with Gasteiger partial charge in [-0.1, -0.05) is 298 Å². The summed E-state index contributed by atoms with van der Waals surface area (Å²) in [6, 6.07) is 101. The first-order valence-corrected chi connectivity index (χ1v) is 40.6. The standard InChI is InChI=1S/C43H34O2.C37H26O2.C3H5Br.CH2O3.2K.H7P5.H/c1-3-27-44-41-25-23-33(29-37(41)31-15-7-5-8-16-31)43(39-21-13-11-19-35(39)36-20-12-14-22-40(36)43)34-24-26-42(45-28-4-2)38(30-34)32-17-9-6-10-18-32;38-35-21-19-27(23-31(35)25-11-3-1-4-12-25)37(28-20-22-36(39)32(24-28)26-13-5-2-6-14-26)33-17-9-7-15-29(33)30-16-8-10-18-34(30)37;1-2-3-4;2-1-4-3;;;1-4-5(2)3;/h3-26,29-30H,1-2,27-28H2;1-24,38-39H;2H,1,3H2;1,3H;;;4H,1-3H2;/q;;;;2*+1;;-1/p-1. The van der Waals surface area contributed by atoms with Crippen LogP contribution in [0.25, 0.3) is 66.8 Å². The average molecular weight is 1510 g/mol. The zero-order valence-electron chi connectivity index (χ0n) is 56.3. The fraction of sp³-hybridized carbons (Fsp3) is 0.0595. The molecule has 14 rings (SSSR count). The second kappa shape index (κ2) is 39.2. The third-order valence-corrected chi connectivity index (χ3v) is 29.3. The van der Waals surface area contributed by atoms with E-state index in [0.717, 1.165) is 80.4 Å². The summed E-state index contributed by atoms with van der Waals surface area (Å²) in [5.74, 6) is 2.15. The van der Waals surface area contributed by atoms with Crippen LogP contribution in [0.4, 0.5) is 0 Å². The number of allylic oxidation sites excluding steroid dienone is 1. The number of phenolic OH excluding ortho intramolecular Hbond substituents is 2. The second-order valence-electron chi connectivity index (χ2n) is 22.4. The van der Waals surface area contributed by atoms with Crippen LogP contribution in [0.5, 0.6) is 23.0 Å². The molecule has 2 aliphatic carbocycles. The van der Waals surface area contributed by atoms with Crippen LogP contribution in [-0.2, 0) is 20.5 Å². The third-order valence-electron chi connectivity index (χ3n) is 16.9. The molecule has 2 N–H and O–H groups in total. The van der Waals surface area contributed by atoms with Crippen molar-refractivity contribution >= 4 is 64.1 Å². The number of phenols is 2. The minimum Gasteiger partial charge on any atom is -1.00 e. The molecule has 7 nitrogen and oxygen atoms in total. The van der Waals surface area contributed by atoms with Crippen molar-refractivity contribution in [2.45, 2.75) is 10.8 Å². The van der Waals surface area contributed by atoms with Gasteiger partial charge in [-0.3, -0.25) is 4.79 Å². The molecule has 0 aromatic heterocycles. The molecule has 0 bridgehead atoms. The van der Waals surface area contributed by atoms with Gasteiger partial charge in [0.1, 0.15) is 36.2 Å². The molecule has 0 radical (unpaired) electrons. The number of hydrogen-bond donors (Lipinski definition) is 2. The molecule has 486 valence electrons. The molecule has 0 amide bonds. The van der Waals surface area contributed by atoms with Crippen LogP contribution < -0.4 is 118 Å². The fourth-order valence-electron chi connectivity index (χ4n) is 13.0. The van der Waals surface area contributed by atoms with Crippen molar-refractivity contribution in [3.05, 3.63) is 374 Å². The van der Waals surface area contributed by atoms with Crippen molar-refractivity contribution in [1.29, 1.82) is 0 Å². The molecule has 4 unspecified atom stereocenters. The van der Waals surface area contributed by atoms with E-state index in [1.165, 1.54) is 55.6 Å². The van der Waals surface area contributed by atoms with Gasteiger partial charge in [-0.05, 0) is 145 Å². The molecule has 0 heterocycles. The first-order valence-electron chi connectivity index (χ1n) is 31.2. The Kier molecular flexibility index (Phi) is 31.3. The monoisotopic (exact) mass is 1510 g/mol. The van der Waals surface area contributed by atoms with E-state index >= 15 is 0 Å². The van der Waals surface area contributed by atoms with Gasteiger partial charge in [-0.15, -0.1) is 33.4 Å². The zero-order chi connectivity index (χ0) is 68.2. The average Bonchev–Trinajstić information content (AvgIpc) is 1.53. The molecule has 4 atom stereocenters. The van der Waals surface area contributed by atoms with Crippen LogP contribution in [0, 0.1) is 0 Å². The predicted molar refractivity (Wildman–Crippen MR) is 421 cm³/mol. The van der Waals surface area contributed by atoms with Crippen LogP contribution in [0.3, 0.4) is 0 Å². The number of aromatic hydroxyl groups is 2. The van der Waals surface area contributed by atoms with Crippen molar-refractivity contribution in [1.82, 2.24) is 0 Å². The normalized spacial score (nSPS) is 11.9. The maximum Gasteiger partial charge on any atom is 1.00 e. The van der Waals surface area contributed by atoms with Crippen LogP contribution in [0.2, 0.25) is 0 Å². The molecule has 0 saturated carbocycles. The Labute approximate surface area is 686 Å². The van der Waals surface area contributed by atoms with Crippen LogP contribution in [0.15, 0.2) is 329 Å². The van der Waals surface area contributed by atoms with Crippen LogP contribution in [-0.4, -0.2) is 35.2 Å². The SMILES string of the molecule is C=CCBr.C=CCOc1ccc(C2(c3ccc(OCC=C)c(-c4ccccc4)c3)c3ccccc3-c3ccccc32)cc1-c1ccccc1.O=CO[O-].Oc1ccc(C2(c3ccc(O)c(-c4ccccc4)c3)c3ccccc3-c3ccccc32)cc1-c1ccccc1.PPP(P)P.[H-].[K+].[K+]. The van der Waals surface area contributed by atoms with Gasteiger partial charge in [0.25, 0.3) is 6.47 Å². The van der Waals surface area contributed by atoms with Gasteiger partial charge in [0, 0.05) is 27.6 Å². The van der Waals surface area contributed by atoms with E-state index < -0.39 is 10.8 Å². The number of benzene rings is 12. The Morgan fingerprint density at radius 3 is 0.909 bits per heavy atom. The summed E-state index contributed by atoms with van der Waals surface area (Å²) >= 11 is 3.13. The molecular weight excluding hydrogens is 1430 g/mol. The number of carbonyl (C=O) groups is 1. The number of fused-ring (bicyclic) bond motifs is 6. The Bertz CT molecular complexity index is 4380. The first kappa shape index (κ1) is 79.1. The number of carbonyl (C=O) groups excluding carboxylic acids is 1. The summed E-state index contributed by atoms with van der Waals surface area (Å²) in [6.45, 7) is 12.1. The summed E-state index contributed by atoms with van der Waals surface area (Å²) in [5.41, 5.74) is 20.8. The van der Waals surface area contributed by atoms with Gasteiger partial charge in [-0.25, -0.2) is 0 Å². The molecule has 99 heavy (non-hydrogen) atoms. The predicted octanol–water partition coefficient (Wildman–Crippen LogP) is 15.9. The second-order valence-corrected chi connectivity index (χ2v) is 37.0. The van der Waals surface area contributed by atoms with Gasteiger partial charge < -0.3 is 31.3 Å². The van der Waals surface area contributed by atoms with E-state index in [1.54, 1.807) is 18.2 Å². The quantitative estimate of drug-likeness (QED) is 0.0178. The zero-order valence-corrected chi connectivity index (χ0v) is 68.4. The molecule has 0 aliphatic heterocycles. The van der Waals surface area contributed by atoms with Gasteiger partial charge in [0.05, 0.1) is 10.8 Å². The minimum absolute atomic E-state index is 0. The van der Waals surface area contributed by atoms with Crippen molar-refractivity contribution in [2.75, 3.05) is 18.5 Å². The maximum absolute atomic E-state index is 11.0. The van der Waals surface area contributed by atoms with E-state index in [0.29, 0.717) is 13.2 Å². The van der Waals surface area contributed by atoms with E-state index in [2.05, 4.69) is 261 Å². The van der Waals surface area contributed by atoms with Gasteiger partial charge in [0.15, 0.2) is 0 Å². The Hall–Kier alpha value is -5.61. The van der Waals surface area contributed by atoms with Gasteiger partial charge in [0.2, 0.25) is 0 Å². The van der Waals surface area contributed by atoms with Gasteiger partial charge >= 0.3 is 103 Å². The first-order chi connectivity index (χ1) is 47.5. The smallest absolute Gasteiger partial charge is 1.00 e. The summed E-state index contributed by atoms with van der Waals surface area (Å²) in [6.07, 6.45) is 5.36. The fourth-order valence-corrected chi connectivity index (χ4v) is 13.0.